The maximum atomic E-state index is 9.23. The smallest absolute Gasteiger partial charge is 0.0998 e. The lowest BCUT2D eigenvalue weighted by Crippen LogP contribution is -2.46. The largest absolute Gasteiger partial charge is 0.395 e. The topological polar surface area (TPSA) is 50.5 Å². The van der Waals surface area contributed by atoms with Crippen molar-refractivity contribution in [1.82, 2.24) is 9.80 Å². The van der Waals surface area contributed by atoms with E-state index in [0.29, 0.717) is 5.56 Å². The third-order valence-electron chi connectivity index (χ3n) is 4.60. The van der Waals surface area contributed by atoms with Gasteiger partial charge in [-0.25, -0.2) is 0 Å². The summed E-state index contributed by atoms with van der Waals surface area (Å²) in [5, 5.41) is 18.2. The number of hydrogen-bond donors (Lipinski definition) is 1. The Kier molecular flexibility index (Phi) is 5.60. The van der Waals surface area contributed by atoms with Crippen molar-refractivity contribution >= 4 is 0 Å². The van der Waals surface area contributed by atoms with Crippen LogP contribution in [0.4, 0.5) is 0 Å². The number of hydrogen-bond acceptors (Lipinski definition) is 4. The second-order valence-electron chi connectivity index (χ2n) is 6.20. The van der Waals surface area contributed by atoms with Crippen LogP contribution >= 0.6 is 0 Å². The van der Waals surface area contributed by atoms with Gasteiger partial charge in [0.1, 0.15) is 0 Å². The maximum absolute atomic E-state index is 9.23. The lowest BCUT2D eigenvalue weighted by atomic mass is 9.99. The minimum absolute atomic E-state index is 0.242. The highest BCUT2D eigenvalue weighted by Gasteiger charge is 2.16. The molecule has 0 amide bonds. The fraction of sp³-hybridized carbons (Fsp3) is 0.350. The molecule has 3 rings (SSSR count). The van der Waals surface area contributed by atoms with Crippen molar-refractivity contribution in [2.45, 2.75) is 6.54 Å². The zero-order valence-electron chi connectivity index (χ0n) is 13.9. The highest BCUT2D eigenvalue weighted by Crippen LogP contribution is 2.23. The number of nitrogens with zero attached hydrogens (tertiary/aromatic N) is 3. The molecule has 2 aromatic carbocycles. The molecular weight excluding hydrogens is 298 g/mol. The van der Waals surface area contributed by atoms with Crippen LogP contribution in [0.15, 0.2) is 48.5 Å². The molecule has 1 heterocycles. The van der Waals surface area contributed by atoms with Crippen LogP contribution in [-0.4, -0.2) is 54.2 Å². The van der Waals surface area contributed by atoms with Crippen molar-refractivity contribution < 1.29 is 5.11 Å². The van der Waals surface area contributed by atoms with Gasteiger partial charge in [0.2, 0.25) is 0 Å². The molecule has 1 aliphatic rings. The summed E-state index contributed by atoms with van der Waals surface area (Å²) in [6.45, 7) is 6.10. The van der Waals surface area contributed by atoms with E-state index >= 15 is 0 Å². The Labute approximate surface area is 143 Å². The van der Waals surface area contributed by atoms with Gasteiger partial charge in [-0.15, -0.1) is 0 Å². The molecule has 4 nitrogen and oxygen atoms in total. The summed E-state index contributed by atoms with van der Waals surface area (Å²) in [5.41, 5.74) is 4.09. The number of nitriles is 1. The average Bonchev–Trinajstić information content (AvgIpc) is 2.64. The monoisotopic (exact) mass is 321 g/mol. The predicted octanol–water partition coefficient (Wildman–Crippen LogP) is 2.34. The van der Waals surface area contributed by atoms with E-state index in [9.17, 15) is 5.26 Å². The number of rotatable bonds is 5. The molecule has 0 bridgehead atoms. The Morgan fingerprint density at radius 1 is 0.917 bits per heavy atom. The Morgan fingerprint density at radius 3 is 2.25 bits per heavy atom. The van der Waals surface area contributed by atoms with Gasteiger partial charge in [0, 0.05) is 39.3 Å². The first-order chi connectivity index (χ1) is 11.8. The summed E-state index contributed by atoms with van der Waals surface area (Å²) in [4.78, 5) is 4.75. The number of benzene rings is 2. The molecule has 0 aromatic heterocycles. The zero-order chi connectivity index (χ0) is 16.8. The van der Waals surface area contributed by atoms with Crippen molar-refractivity contribution in [1.29, 1.82) is 5.26 Å². The van der Waals surface area contributed by atoms with Crippen LogP contribution in [0.2, 0.25) is 0 Å². The van der Waals surface area contributed by atoms with E-state index in [4.69, 9.17) is 5.11 Å². The summed E-state index contributed by atoms with van der Waals surface area (Å²) in [6, 6.07) is 18.5. The van der Waals surface area contributed by atoms with E-state index < -0.39 is 0 Å². The van der Waals surface area contributed by atoms with Crippen molar-refractivity contribution in [3.8, 4) is 17.2 Å². The van der Waals surface area contributed by atoms with E-state index in [1.807, 2.05) is 24.3 Å². The average molecular weight is 321 g/mol. The summed E-state index contributed by atoms with van der Waals surface area (Å²) >= 11 is 0. The van der Waals surface area contributed by atoms with E-state index in [-0.39, 0.29) is 6.61 Å². The minimum Gasteiger partial charge on any atom is -0.395 e. The molecule has 0 aliphatic carbocycles. The first-order valence-electron chi connectivity index (χ1n) is 8.44. The quantitative estimate of drug-likeness (QED) is 0.918. The molecule has 24 heavy (non-hydrogen) atoms. The highest BCUT2D eigenvalue weighted by molar-refractivity contribution is 5.70. The minimum atomic E-state index is 0.242. The van der Waals surface area contributed by atoms with Gasteiger partial charge < -0.3 is 5.11 Å². The lowest BCUT2D eigenvalue weighted by Gasteiger charge is -2.34. The fourth-order valence-corrected chi connectivity index (χ4v) is 3.19. The van der Waals surface area contributed by atoms with Crippen LogP contribution in [0.25, 0.3) is 11.1 Å². The summed E-state index contributed by atoms with van der Waals surface area (Å²) < 4.78 is 0. The predicted molar refractivity (Wildman–Crippen MR) is 95.4 cm³/mol. The Hall–Kier alpha value is -2.19. The molecular formula is C20H23N3O. The molecule has 1 fully saturated rings. The van der Waals surface area contributed by atoms with Gasteiger partial charge in [-0.1, -0.05) is 42.5 Å². The number of β-amino-alcohol motifs (C(OH)–C–C–N with tert-alkyl or cyclic N) is 1. The van der Waals surface area contributed by atoms with Crippen LogP contribution in [0.1, 0.15) is 11.1 Å². The third-order valence-corrected chi connectivity index (χ3v) is 4.60. The normalized spacial score (nSPS) is 16.0. The van der Waals surface area contributed by atoms with Crippen LogP contribution in [0.5, 0.6) is 0 Å². The van der Waals surface area contributed by atoms with Gasteiger partial charge in [0.05, 0.1) is 18.2 Å². The van der Waals surface area contributed by atoms with E-state index in [0.717, 1.165) is 50.4 Å². The molecule has 1 N–H and O–H groups in total. The molecule has 0 radical (unpaired) electrons. The van der Waals surface area contributed by atoms with Gasteiger partial charge in [0.25, 0.3) is 0 Å². The summed E-state index contributed by atoms with van der Waals surface area (Å²) in [6.07, 6.45) is 0. The van der Waals surface area contributed by atoms with Crippen molar-refractivity contribution in [2.75, 3.05) is 39.3 Å². The lowest BCUT2D eigenvalue weighted by molar-refractivity contribution is 0.108. The van der Waals surface area contributed by atoms with Crippen molar-refractivity contribution in [2.24, 2.45) is 0 Å². The Balaban J connectivity index is 1.62. The second kappa shape index (κ2) is 8.07. The van der Waals surface area contributed by atoms with E-state index in [2.05, 4.69) is 40.1 Å². The molecule has 4 heteroatoms. The zero-order valence-corrected chi connectivity index (χ0v) is 13.9. The molecule has 0 saturated carbocycles. The summed E-state index contributed by atoms with van der Waals surface area (Å²) in [7, 11) is 0. The van der Waals surface area contributed by atoms with Gasteiger partial charge >= 0.3 is 0 Å². The molecule has 0 unspecified atom stereocenters. The van der Waals surface area contributed by atoms with Gasteiger partial charge in [0.15, 0.2) is 0 Å². The van der Waals surface area contributed by atoms with Crippen LogP contribution in [0.3, 0.4) is 0 Å². The van der Waals surface area contributed by atoms with Gasteiger partial charge in [-0.2, -0.15) is 5.26 Å². The Bertz CT molecular complexity index is 698. The Morgan fingerprint density at radius 2 is 1.58 bits per heavy atom. The number of piperazine rings is 1. The van der Waals surface area contributed by atoms with Crippen molar-refractivity contribution in [3.05, 3.63) is 59.7 Å². The first-order valence-corrected chi connectivity index (χ1v) is 8.44. The highest BCUT2D eigenvalue weighted by atomic mass is 16.3. The van der Waals surface area contributed by atoms with Gasteiger partial charge in [-0.3, -0.25) is 9.80 Å². The van der Waals surface area contributed by atoms with Crippen LogP contribution < -0.4 is 0 Å². The van der Waals surface area contributed by atoms with Crippen LogP contribution in [-0.2, 0) is 6.54 Å². The standard InChI is InChI=1S/C20H23N3O/c21-15-19-3-1-2-4-20(19)18-7-5-17(6-8-18)16-23-11-9-22(10-12-23)13-14-24/h1-8,24H,9-14,16H2. The maximum Gasteiger partial charge on any atom is 0.0998 e. The molecule has 0 spiro atoms. The first kappa shape index (κ1) is 16.7. The second-order valence-corrected chi connectivity index (χ2v) is 6.20. The summed E-state index contributed by atoms with van der Waals surface area (Å²) in [5.74, 6) is 0. The molecule has 2 aromatic rings. The van der Waals surface area contributed by atoms with Crippen molar-refractivity contribution in [3.63, 3.8) is 0 Å². The molecule has 1 saturated heterocycles. The number of aliphatic hydroxyl groups is 1. The third kappa shape index (κ3) is 4.01. The van der Waals surface area contributed by atoms with E-state index in [1.165, 1.54) is 5.56 Å². The SMILES string of the molecule is N#Cc1ccccc1-c1ccc(CN2CCN(CCO)CC2)cc1. The molecule has 0 atom stereocenters. The molecule has 1 aliphatic heterocycles. The van der Waals surface area contributed by atoms with Crippen LogP contribution in [0, 0.1) is 11.3 Å². The van der Waals surface area contributed by atoms with E-state index in [1.54, 1.807) is 0 Å². The fourth-order valence-electron chi connectivity index (χ4n) is 3.19. The molecule has 124 valence electrons. The van der Waals surface area contributed by atoms with Gasteiger partial charge in [-0.05, 0) is 22.8 Å². The number of aliphatic hydroxyl groups excluding tert-OH is 1.